The number of benzene rings is 2. The van der Waals surface area contributed by atoms with Gasteiger partial charge in [0.25, 0.3) is 11.7 Å². The van der Waals surface area contributed by atoms with Crippen molar-refractivity contribution >= 4 is 22.6 Å². The van der Waals surface area contributed by atoms with Gasteiger partial charge in [-0.25, -0.2) is 4.98 Å². The highest BCUT2D eigenvalue weighted by molar-refractivity contribution is 5.95. The highest BCUT2D eigenvalue weighted by Crippen LogP contribution is 2.23. The molecule has 0 radical (unpaired) electrons. The molecule has 0 saturated heterocycles. The van der Waals surface area contributed by atoms with E-state index in [0.29, 0.717) is 48.0 Å². The summed E-state index contributed by atoms with van der Waals surface area (Å²) in [5.74, 6) is 1.61. The van der Waals surface area contributed by atoms with E-state index in [1.807, 2.05) is 19.9 Å². The lowest BCUT2D eigenvalue weighted by Crippen LogP contribution is -2.26. The van der Waals surface area contributed by atoms with Gasteiger partial charge < -0.3 is 14.8 Å². The zero-order valence-corrected chi connectivity index (χ0v) is 18.3. The number of aromatic amines is 1. The molecule has 31 heavy (non-hydrogen) atoms. The quantitative estimate of drug-likeness (QED) is 0.546. The molecule has 0 aliphatic heterocycles. The van der Waals surface area contributed by atoms with Gasteiger partial charge in [-0.1, -0.05) is 6.07 Å². The van der Waals surface area contributed by atoms with Crippen LogP contribution in [0.25, 0.3) is 10.9 Å². The second-order valence-corrected chi connectivity index (χ2v) is 7.35. The van der Waals surface area contributed by atoms with Crippen LogP contribution in [-0.4, -0.2) is 33.2 Å². The zero-order valence-electron chi connectivity index (χ0n) is 18.3. The van der Waals surface area contributed by atoms with E-state index < -0.39 is 0 Å². The Morgan fingerprint density at radius 1 is 1.03 bits per heavy atom. The fraction of sp³-hybridized carbons (Fsp3) is 0.292. The van der Waals surface area contributed by atoms with Gasteiger partial charge in [0.15, 0.2) is 0 Å². The molecule has 0 atom stereocenters. The Kier molecular flexibility index (Phi) is 6.93. The maximum atomic E-state index is 12.4. The van der Waals surface area contributed by atoms with Gasteiger partial charge in [-0.05, 0) is 49.2 Å². The Hall–Kier alpha value is -3.79. The van der Waals surface area contributed by atoms with Crippen LogP contribution in [0.2, 0.25) is 0 Å². The number of nitrogens with one attached hydrogen (secondary N) is 3. The number of carbonyl (C=O) groups excluding carboxylic acids is 1. The number of aryl methyl sites for hydroxylation is 2. The summed E-state index contributed by atoms with van der Waals surface area (Å²) in [6, 6.07) is 13.4. The number of hydrogen-bond donors (Lipinski definition) is 2. The minimum Gasteiger partial charge on any atom is -0.497 e. The number of hydrogen-bond acceptors (Lipinski definition) is 5. The predicted octanol–water partition coefficient (Wildman–Crippen LogP) is 3.39. The monoisotopic (exact) mass is 419 g/mol. The molecule has 1 heterocycles. The average molecular weight is 420 g/mol. The number of methoxy groups -OCH3 is 2. The number of pyridine rings is 1. The van der Waals surface area contributed by atoms with E-state index in [-0.39, 0.29) is 5.91 Å². The van der Waals surface area contributed by atoms with Gasteiger partial charge in [0, 0.05) is 30.0 Å². The lowest BCUT2D eigenvalue weighted by atomic mass is 10.0. The van der Waals surface area contributed by atoms with Crippen LogP contribution in [0, 0.1) is 25.2 Å². The van der Waals surface area contributed by atoms with E-state index in [2.05, 4.69) is 33.8 Å². The van der Waals surface area contributed by atoms with E-state index in [4.69, 9.17) is 9.47 Å². The molecular formula is C24H27N4O3+. The molecule has 0 spiro atoms. The number of nitrogens with zero attached hydrogens (tertiary/aromatic N) is 1. The Morgan fingerprint density at radius 2 is 1.74 bits per heavy atom. The molecule has 0 fully saturated rings. The molecule has 2 aromatic carbocycles. The highest BCUT2D eigenvalue weighted by Gasteiger charge is 2.14. The minimum atomic E-state index is -0.196. The first kappa shape index (κ1) is 21.9. The largest absolute Gasteiger partial charge is 0.497 e. The van der Waals surface area contributed by atoms with Crippen molar-refractivity contribution in [3.8, 4) is 17.6 Å². The third-order valence-electron chi connectivity index (χ3n) is 5.02. The Bertz CT molecular complexity index is 1130. The first-order valence-electron chi connectivity index (χ1n) is 10.1. The predicted molar refractivity (Wildman–Crippen MR) is 120 cm³/mol. The molecule has 1 aromatic heterocycles. The Morgan fingerprint density at radius 3 is 2.39 bits per heavy atom. The first-order valence-corrected chi connectivity index (χ1v) is 10.1. The Balaban J connectivity index is 1.59. The van der Waals surface area contributed by atoms with Crippen LogP contribution >= 0.6 is 0 Å². The topological polar surface area (TPSA) is 97.5 Å². The van der Waals surface area contributed by atoms with Gasteiger partial charge >= 0.3 is 0 Å². The molecule has 0 aliphatic rings. The number of carbonyl (C=O) groups is 1. The summed E-state index contributed by atoms with van der Waals surface area (Å²) in [5, 5.41) is 16.7. The fourth-order valence-electron chi connectivity index (χ4n) is 3.46. The lowest BCUT2D eigenvalue weighted by molar-refractivity contribution is -0.327. The second-order valence-electron chi connectivity index (χ2n) is 7.35. The van der Waals surface area contributed by atoms with Gasteiger partial charge in [-0.2, -0.15) is 5.26 Å². The van der Waals surface area contributed by atoms with Crippen molar-refractivity contribution in [2.24, 2.45) is 0 Å². The number of fused-ring (bicyclic) bond motifs is 1. The second kappa shape index (κ2) is 9.81. The van der Waals surface area contributed by atoms with Crippen molar-refractivity contribution in [1.29, 1.82) is 5.26 Å². The van der Waals surface area contributed by atoms with Gasteiger partial charge in [0.05, 0.1) is 20.8 Å². The van der Waals surface area contributed by atoms with E-state index >= 15 is 0 Å². The maximum absolute atomic E-state index is 12.4. The van der Waals surface area contributed by atoms with Gasteiger partial charge in [0.2, 0.25) is 0 Å². The average Bonchev–Trinajstić information content (AvgIpc) is 2.77. The van der Waals surface area contributed by atoms with Crippen molar-refractivity contribution in [3.63, 3.8) is 0 Å². The number of ether oxygens (including phenoxy) is 2. The van der Waals surface area contributed by atoms with Crippen LogP contribution in [-0.2, 0) is 0 Å². The molecule has 0 unspecified atom stereocenters. The summed E-state index contributed by atoms with van der Waals surface area (Å²) >= 11 is 0. The Labute approximate surface area is 182 Å². The van der Waals surface area contributed by atoms with Crippen LogP contribution in [0.5, 0.6) is 11.5 Å². The van der Waals surface area contributed by atoms with Crippen molar-refractivity contribution < 1.29 is 19.3 Å². The zero-order chi connectivity index (χ0) is 22.4. The summed E-state index contributed by atoms with van der Waals surface area (Å²) in [7, 11) is 3.09. The molecule has 3 rings (SSSR count). The molecule has 160 valence electrons. The lowest BCUT2D eigenvalue weighted by Gasteiger charge is -2.09. The number of anilines is 1. The highest BCUT2D eigenvalue weighted by atomic mass is 16.5. The molecule has 7 heteroatoms. The summed E-state index contributed by atoms with van der Waals surface area (Å²) in [5.41, 5.74) is 4.32. The van der Waals surface area contributed by atoms with Gasteiger partial charge in [0.1, 0.15) is 28.6 Å². The van der Waals surface area contributed by atoms with Gasteiger partial charge in [-0.3, -0.25) is 10.1 Å². The molecule has 3 N–H and O–H groups in total. The van der Waals surface area contributed by atoms with E-state index in [9.17, 15) is 10.1 Å². The van der Waals surface area contributed by atoms with E-state index in [0.717, 1.165) is 22.0 Å². The number of rotatable bonds is 8. The summed E-state index contributed by atoms with van der Waals surface area (Å²) in [4.78, 5) is 15.8. The molecule has 0 bridgehead atoms. The van der Waals surface area contributed by atoms with Gasteiger partial charge in [-0.15, -0.1) is 0 Å². The van der Waals surface area contributed by atoms with Crippen LogP contribution in [0.1, 0.15) is 33.5 Å². The standard InChI is InChI=1S/C24H26N4O3/c1-15-8-16(2)21-12-18(14-25)23(28-22(21)9-15)26-6-5-7-27-24(29)17-10-19(30-3)13-20(11-17)31-4/h8-13H,5-7H2,1-4H3,(H,26,28)(H,27,29)/p+1. The fourth-order valence-corrected chi connectivity index (χ4v) is 3.46. The minimum absolute atomic E-state index is 0.196. The maximum Gasteiger partial charge on any atom is 0.290 e. The smallest absolute Gasteiger partial charge is 0.290 e. The molecule has 1 amide bonds. The number of H-pyrrole nitrogens is 1. The van der Waals surface area contributed by atoms with E-state index in [1.54, 1.807) is 32.4 Å². The first-order chi connectivity index (χ1) is 14.9. The third-order valence-corrected chi connectivity index (χ3v) is 5.02. The SMILES string of the molecule is COc1cc(OC)cc(C(=O)NCCCNc2[nH+]c3cc(C)cc(C)c3cc2C#N)c1. The number of nitriles is 1. The van der Waals surface area contributed by atoms with Crippen molar-refractivity contribution in [2.45, 2.75) is 20.3 Å². The van der Waals surface area contributed by atoms with Crippen LogP contribution < -0.4 is 25.1 Å². The van der Waals surface area contributed by atoms with Crippen molar-refractivity contribution in [3.05, 3.63) is 58.7 Å². The summed E-state index contributed by atoms with van der Waals surface area (Å²) in [6.45, 7) is 5.17. The number of aromatic nitrogens is 1. The molecular weight excluding hydrogens is 392 g/mol. The van der Waals surface area contributed by atoms with Crippen LogP contribution in [0.15, 0.2) is 36.4 Å². The summed E-state index contributed by atoms with van der Waals surface area (Å²) in [6.07, 6.45) is 0.691. The molecule has 3 aromatic rings. The number of amides is 1. The molecule has 0 aliphatic carbocycles. The third kappa shape index (κ3) is 5.23. The molecule has 0 saturated carbocycles. The van der Waals surface area contributed by atoms with E-state index in [1.165, 1.54) is 0 Å². The molecule has 7 nitrogen and oxygen atoms in total. The van der Waals surface area contributed by atoms with Crippen LogP contribution in [0.4, 0.5) is 5.82 Å². The van der Waals surface area contributed by atoms with Crippen molar-refractivity contribution in [2.75, 3.05) is 32.6 Å². The van der Waals surface area contributed by atoms with Crippen LogP contribution in [0.3, 0.4) is 0 Å². The normalized spacial score (nSPS) is 10.4. The van der Waals surface area contributed by atoms with Crippen molar-refractivity contribution in [1.82, 2.24) is 5.32 Å². The summed E-state index contributed by atoms with van der Waals surface area (Å²) < 4.78 is 10.4.